The largest absolute Gasteiger partial charge is 0.493 e. The van der Waals surface area contributed by atoms with E-state index in [1.807, 2.05) is 0 Å². The van der Waals surface area contributed by atoms with Crippen LogP contribution in [0.25, 0.3) is 11.5 Å². The molecule has 2 aromatic rings. The van der Waals surface area contributed by atoms with Gasteiger partial charge in [0.25, 0.3) is 5.89 Å². The molecule has 2 bridgehead atoms. The van der Waals surface area contributed by atoms with Gasteiger partial charge in [0.1, 0.15) is 0 Å². The predicted octanol–water partition coefficient (Wildman–Crippen LogP) is 3.63. The molecule has 2 aliphatic rings. The molecule has 2 aliphatic carbocycles. The maximum Gasteiger partial charge on any atom is 0.306 e. The molecular formula is C21H26N2O6. The number of carbonyl (C=O) groups is 1. The highest BCUT2D eigenvalue weighted by atomic mass is 16.5. The van der Waals surface area contributed by atoms with Crippen LogP contribution in [0.15, 0.2) is 16.5 Å². The zero-order valence-electron chi connectivity index (χ0n) is 17.0. The molecule has 2 fully saturated rings. The summed E-state index contributed by atoms with van der Waals surface area (Å²) in [6.07, 6.45) is 5.49. The predicted molar refractivity (Wildman–Crippen MR) is 103 cm³/mol. The summed E-state index contributed by atoms with van der Waals surface area (Å²) in [6.45, 7) is -0.0307. The summed E-state index contributed by atoms with van der Waals surface area (Å²) >= 11 is 0. The molecule has 0 unspecified atom stereocenters. The van der Waals surface area contributed by atoms with E-state index in [4.69, 9.17) is 23.4 Å². The topological polar surface area (TPSA) is 92.9 Å². The molecule has 29 heavy (non-hydrogen) atoms. The molecule has 1 aromatic carbocycles. The van der Waals surface area contributed by atoms with Gasteiger partial charge in [-0.25, -0.2) is 0 Å². The second kappa shape index (κ2) is 8.31. The first-order valence-corrected chi connectivity index (χ1v) is 9.89. The molecule has 156 valence electrons. The quantitative estimate of drug-likeness (QED) is 0.618. The van der Waals surface area contributed by atoms with Crippen LogP contribution in [0.4, 0.5) is 0 Å². The third kappa shape index (κ3) is 4.02. The van der Waals surface area contributed by atoms with Crippen molar-refractivity contribution in [2.75, 3.05) is 21.3 Å². The highest BCUT2D eigenvalue weighted by Gasteiger charge is 2.40. The molecule has 2 saturated carbocycles. The minimum atomic E-state index is -0.199. The molecule has 8 nitrogen and oxygen atoms in total. The van der Waals surface area contributed by atoms with Gasteiger partial charge in [0.2, 0.25) is 11.6 Å². The Morgan fingerprint density at radius 3 is 2.41 bits per heavy atom. The van der Waals surface area contributed by atoms with Gasteiger partial charge in [-0.1, -0.05) is 6.42 Å². The van der Waals surface area contributed by atoms with Gasteiger partial charge in [-0.05, 0) is 49.1 Å². The summed E-state index contributed by atoms with van der Waals surface area (Å²) in [5.41, 5.74) is 0.617. The Morgan fingerprint density at radius 2 is 1.83 bits per heavy atom. The lowest BCUT2D eigenvalue weighted by Gasteiger charge is -2.20. The summed E-state index contributed by atoms with van der Waals surface area (Å²) in [7, 11) is 4.61. The van der Waals surface area contributed by atoms with Crippen molar-refractivity contribution >= 4 is 5.97 Å². The standard InChI is InChI=1S/C21H26N2O6/c1-25-16-8-15(9-17(26-2)20(16)27-3)21-23-22-18(29-21)11-28-19(24)10-14-7-12-4-5-13(14)6-12/h8-9,12-14H,4-7,10-11H2,1-3H3/t12-,13+,14+/m0/s1. The van der Waals surface area contributed by atoms with E-state index in [-0.39, 0.29) is 24.4 Å². The van der Waals surface area contributed by atoms with E-state index in [9.17, 15) is 4.79 Å². The average Bonchev–Trinajstić information content (AvgIpc) is 3.48. The third-order valence-corrected chi connectivity index (χ3v) is 6.05. The van der Waals surface area contributed by atoms with Crippen LogP contribution >= 0.6 is 0 Å². The van der Waals surface area contributed by atoms with Crippen molar-refractivity contribution < 1.29 is 28.2 Å². The van der Waals surface area contributed by atoms with Crippen LogP contribution in [0.3, 0.4) is 0 Å². The summed E-state index contributed by atoms with van der Waals surface area (Å²) in [6, 6.07) is 3.44. The van der Waals surface area contributed by atoms with Crippen LogP contribution in [0, 0.1) is 17.8 Å². The van der Waals surface area contributed by atoms with E-state index in [1.165, 1.54) is 40.6 Å². The number of hydrogen-bond acceptors (Lipinski definition) is 8. The van der Waals surface area contributed by atoms with Crippen LogP contribution in [-0.4, -0.2) is 37.5 Å². The number of benzene rings is 1. The second-order valence-corrected chi connectivity index (χ2v) is 7.71. The molecule has 0 radical (unpaired) electrons. The van der Waals surface area contributed by atoms with E-state index in [2.05, 4.69) is 10.2 Å². The molecule has 3 atom stereocenters. The minimum absolute atomic E-state index is 0.0307. The van der Waals surface area contributed by atoms with Gasteiger partial charge in [-0.3, -0.25) is 4.79 Å². The Bertz CT molecular complexity index is 855. The van der Waals surface area contributed by atoms with Gasteiger partial charge >= 0.3 is 5.97 Å². The Labute approximate surface area is 169 Å². The van der Waals surface area contributed by atoms with Crippen molar-refractivity contribution in [3.63, 3.8) is 0 Å². The molecule has 0 N–H and O–H groups in total. The Hall–Kier alpha value is -2.77. The number of esters is 1. The van der Waals surface area contributed by atoms with Crippen molar-refractivity contribution in [2.24, 2.45) is 17.8 Å². The van der Waals surface area contributed by atoms with Crippen LogP contribution < -0.4 is 14.2 Å². The van der Waals surface area contributed by atoms with Crippen molar-refractivity contribution in [3.05, 3.63) is 18.0 Å². The van der Waals surface area contributed by atoms with Crippen LogP contribution in [0.1, 0.15) is 38.0 Å². The lowest BCUT2D eigenvalue weighted by atomic mass is 9.86. The number of rotatable bonds is 8. The molecular weight excluding hydrogens is 376 g/mol. The molecule has 0 spiro atoms. The SMILES string of the molecule is COc1cc(-c2nnc(COC(=O)C[C@H]3C[C@H]4CC[C@@H]3C4)o2)cc(OC)c1OC. The van der Waals surface area contributed by atoms with E-state index < -0.39 is 0 Å². The normalized spacial score (nSPS) is 22.5. The second-order valence-electron chi connectivity index (χ2n) is 7.71. The molecule has 0 amide bonds. The Kier molecular flexibility index (Phi) is 5.60. The van der Waals surface area contributed by atoms with E-state index >= 15 is 0 Å². The van der Waals surface area contributed by atoms with Crippen LogP contribution in [0.2, 0.25) is 0 Å². The molecule has 0 saturated heterocycles. The summed E-state index contributed by atoms with van der Waals surface area (Å²) in [4.78, 5) is 12.2. The van der Waals surface area contributed by atoms with Gasteiger partial charge < -0.3 is 23.4 Å². The molecule has 0 aliphatic heterocycles. The first-order valence-electron chi connectivity index (χ1n) is 9.89. The molecule has 1 heterocycles. The average molecular weight is 402 g/mol. The van der Waals surface area contributed by atoms with Crippen molar-refractivity contribution in [1.82, 2.24) is 10.2 Å². The van der Waals surface area contributed by atoms with E-state index in [1.54, 1.807) is 12.1 Å². The third-order valence-electron chi connectivity index (χ3n) is 6.05. The van der Waals surface area contributed by atoms with Gasteiger partial charge in [0.05, 0.1) is 21.3 Å². The zero-order chi connectivity index (χ0) is 20.4. The highest BCUT2D eigenvalue weighted by Crippen LogP contribution is 2.49. The van der Waals surface area contributed by atoms with Crippen molar-refractivity contribution in [3.8, 4) is 28.7 Å². The van der Waals surface area contributed by atoms with Crippen LogP contribution in [0.5, 0.6) is 17.2 Å². The fourth-order valence-electron chi connectivity index (χ4n) is 4.67. The number of nitrogens with zero attached hydrogens (tertiary/aromatic N) is 2. The fraction of sp³-hybridized carbons (Fsp3) is 0.571. The van der Waals surface area contributed by atoms with Gasteiger partial charge in [0.15, 0.2) is 18.1 Å². The van der Waals surface area contributed by atoms with Gasteiger partial charge in [-0.2, -0.15) is 0 Å². The first-order chi connectivity index (χ1) is 14.1. The maximum absolute atomic E-state index is 12.2. The number of fused-ring (bicyclic) bond motifs is 2. The maximum atomic E-state index is 12.2. The number of carbonyl (C=O) groups excluding carboxylic acids is 1. The molecule has 4 rings (SSSR count). The lowest BCUT2D eigenvalue weighted by molar-refractivity contribution is -0.147. The number of ether oxygens (including phenoxy) is 4. The first kappa shape index (κ1) is 19.5. The van der Waals surface area contributed by atoms with Crippen LogP contribution in [-0.2, 0) is 16.1 Å². The summed E-state index contributed by atoms with van der Waals surface area (Å²) in [5.74, 6) is 3.76. The zero-order valence-corrected chi connectivity index (χ0v) is 17.0. The van der Waals surface area contributed by atoms with E-state index in [0.29, 0.717) is 41.1 Å². The molecule has 1 aromatic heterocycles. The minimum Gasteiger partial charge on any atom is -0.493 e. The van der Waals surface area contributed by atoms with E-state index in [0.717, 1.165) is 12.3 Å². The lowest BCUT2D eigenvalue weighted by Crippen LogP contribution is -2.17. The van der Waals surface area contributed by atoms with Crippen molar-refractivity contribution in [1.29, 1.82) is 0 Å². The summed E-state index contributed by atoms with van der Waals surface area (Å²) in [5, 5.41) is 8.03. The Balaban J connectivity index is 1.39. The summed E-state index contributed by atoms with van der Waals surface area (Å²) < 4.78 is 27.0. The number of aromatic nitrogens is 2. The van der Waals surface area contributed by atoms with Gasteiger partial charge in [-0.15, -0.1) is 10.2 Å². The smallest absolute Gasteiger partial charge is 0.306 e. The van der Waals surface area contributed by atoms with Crippen molar-refractivity contribution in [2.45, 2.75) is 38.7 Å². The number of hydrogen-bond donors (Lipinski definition) is 0. The Morgan fingerprint density at radius 1 is 1.07 bits per heavy atom. The number of methoxy groups -OCH3 is 3. The molecule has 8 heteroatoms. The van der Waals surface area contributed by atoms with Gasteiger partial charge in [0, 0.05) is 12.0 Å². The monoisotopic (exact) mass is 402 g/mol. The highest BCUT2D eigenvalue weighted by molar-refractivity contribution is 5.69. The fourth-order valence-corrected chi connectivity index (χ4v) is 4.67.